The number of nitrogens with zero attached hydrogens (tertiary/aromatic N) is 5. The maximum atomic E-state index is 13.4. The van der Waals surface area contributed by atoms with E-state index in [0.29, 0.717) is 22.1 Å². The highest BCUT2D eigenvalue weighted by atomic mass is 32.2. The van der Waals surface area contributed by atoms with E-state index in [1.54, 1.807) is 10.6 Å². The fourth-order valence-electron chi connectivity index (χ4n) is 3.31. The van der Waals surface area contributed by atoms with Crippen LogP contribution in [0.25, 0.3) is 22.4 Å². The van der Waals surface area contributed by atoms with Gasteiger partial charge in [0.1, 0.15) is 5.52 Å². The van der Waals surface area contributed by atoms with Crippen LogP contribution in [0.3, 0.4) is 0 Å². The van der Waals surface area contributed by atoms with E-state index in [-0.39, 0.29) is 0 Å². The van der Waals surface area contributed by atoms with Gasteiger partial charge in [0.05, 0.1) is 5.69 Å². The lowest BCUT2D eigenvalue weighted by atomic mass is 10.0. The van der Waals surface area contributed by atoms with Gasteiger partial charge in [0.15, 0.2) is 22.4 Å². The highest BCUT2D eigenvalue weighted by molar-refractivity contribution is 7.98. The molecule has 0 aliphatic heterocycles. The van der Waals surface area contributed by atoms with Crippen molar-refractivity contribution in [3.05, 3.63) is 83.2 Å². The number of hydrogen-bond donors (Lipinski definition) is 0. The van der Waals surface area contributed by atoms with Gasteiger partial charge in [-0.05, 0) is 54.8 Å². The molecule has 0 N–H and O–H groups in total. The molecule has 3 aromatic heterocycles. The topological polar surface area (TPSA) is 47.5 Å². The summed E-state index contributed by atoms with van der Waals surface area (Å²) in [6.45, 7) is 4.17. The third-order valence-corrected chi connectivity index (χ3v) is 6.16. The molecule has 0 spiro atoms. The van der Waals surface area contributed by atoms with Crippen molar-refractivity contribution in [2.24, 2.45) is 0 Å². The average molecular weight is 421 g/mol. The summed E-state index contributed by atoms with van der Waals surface area (Å²) < 4.78 is 30.2. The van der Waals surface area contributed by atoms with Crippen LogP contribution in [-0.4, -0.2) is 24.2 Å². The summed E-state index contributed by atoms with van der Waals surface area (Å²) in [5, 5.41) is 14.0. The number of fused-ring (bicyclic) bond motifs is 3. The highest BCUT2D eigenvalue weighted by Crippen LogP contribution is 2.27. The van der Waals surface area contributed by atoms with Crippen molar-refractivity contribution in [1.82, 2.24) is 24.2 Å². The van der Waals surface area contributed by atoms with Crippen molar-refractivity contribution in [1.29, 1.82) is 0 Å². The first-order chi connectivity index (χ1) is 14.5. The molecule has 0 amide bonds. The normalized spacial score (nSPS) is 11.6. The molecule has 8 heteroatoms. The van der Waals surface area contributed by atoms with E-state index in [2.05, 4.69) is 47.3 Å². The van der Waals surface area contributed by atoms with Crippen LogP contribution in [0.4, 0.5) is 8.78 Å². The smallest absolute Gasteiger partial charge is 0.196 e. The van der Waals surface area contributed by atoms with Gasteiger partial charge in [0.2, 0.25) is 0 Å². The van der Waals surface area contributed by atoms with E-state index in [9.17, 15) is 8.78 Å². The first-order valence-electron chi connectivity index (χ1n) is 9.37. The Balaban J connectivity index is 1.48. The molecular formula is C22H17F2N5S. The van der Waals surface area contributed by atoms with Crippen LogP contribution in [0.15, 0.2) is 60.0 Å². The predicted octanol–water partition coefficient (Wildman–Crippen LogP) is 5.23. The Morgan fingerprint density at radius 1 is 0.900 bits per heavy atom. The number of hydrogen-bond acceptors (Lipinski definition) is 4. The second-order valence-corrected chi connectivity index (χ2v) is 8.11. The Morgan fingerprint density at radius 3 is 2.57 bits per heavy atom. The van der Waals surface area contributed by atoms with Gasteiger partial charge < -0.3 is 0 Å². The number of thioether (sulfide) groups is 1. The summed E-state index contributed by atoms with van der Waals surface area (Å²) in [4.78, 5) is 0. The maximum Gasteiger partial charge on any atom is 0.196 e. The minimum atomic E-state index is -0.848. The molecule has 5 nitrogen and oxygen atoms in total. The monoisotopic (exact) mass is 421 g/mol. The van der Waals surface area contributed by atoms with Gasteiger partial charge in [-0.2, -0.15) is 5.10 Å². The van der Waals surface area contributed by atoms with Crippen LogP contribution in [0.2, 0.25) is 0 Å². The molecule has 30 heavy (non-hydrogen) atoms. The Morgan fingerprint density at radius 2 is 1.77 bits per heavy atom. The fraction of sp³-hybridized carbons (Fsp3) is 0.136. The van der Waals surface area contributed by atoms with Gasteiger partial charge >= 0.3 is 0 Å². The fourth-order valence-corrected chi connectivity index (χ4v) is 4.17. The maximum absolute atomic E-state index is 13.4. The second-order valence-electron chi connectivity index (χ2n) is 7.17. The van der Waals surface area contributed by atoms with Crippen molar-refractivity contribution < 1.29 is 8.78 Å². The SMILES string of the molecule is Cc1ccc(-c2cc3c4nnc(SCc5ccc(F)c(F)c5)n4ccn3n2)cc1C. The average Bonchev–Trinajstić information content (AvgIpc) is 3.34. The van der Waals surface area contributed by atoms with Gasteiger partial charge in [-0.15, -0.1) is 10.2 Å². The summed E-state index contributed by atoms with van der Waals surface area (Å²) in [7, 11) is 0. The molecule has 0 bridgehead atoms. The molecule has 0 unspecified atom stereocenters. The van der Waals surface area contributed by atoms with E-state index < -0.39 is 11.6 Å². The van der Waals surface area contributed by atoms with Gasteiger partial charge in [-0.25, -0.2) is 13.3 Å². The van der Waals surface area contributed by atoms with E-state index in [1.807, 2.05) is 22.9 Å². The molecule has 5 aromatic rings. The molecule has 3 heterocycles. The number of halogens is 2. The third-order valence-electron chi connectivity index (χ3n) is 5.14. The molecule has 0 atom stereocenters. The molecular weight excluding hydrogens is 404 g/mol. The Bertz CT molecular complexity index is 1410. The van der Waals surface area contributed by atoms with Crippen molar-refractivity contribution in [2.75, 3.05) is 0 Å². The molecule has 150 valence electrons. The molecule has 0 saturated carbocycles. The lowest BCUT2D eigenvalue weighted by molar-refractivity contribution is 0.507. The van der Waals surface area contributed by atoms with Crippen LogP contribution in [0.1, 0.15) is 16.7 Å². The van der Waals surface area contributed by atoms with Crippen molar-refractivity contribution >= 4 is 22.9 Å². The van der Waals surface area contributed by atoms with Crippen LogP contribution < -0.4 is 0 Å². The summed E-state index contributed by atoms with van der Waals surface area (Å²) in [5.74, 6) is -1.24. The predicted molar refractivity (Wildman–Crippen MR) is 113 cm³/mol. The summed E-state index contributed by atoms with van der Waals surface area (Å²) in [6, 6.07) is 12.2. The van der Waals surface area contributed by atoms with Gasteiger partial charge in [0, 0.05) is 23.7 Å². The molecule has 2 aromatic carbocycles. The second kappa shape index (κ2) is 7.21. The van der Waals surface area contributed by atoms with E-state index >= 15 is 0 Å². The number of benzene rings is 2. The molecule has 5 rings (SSSR count). The number of aromatic nitrogens is 5. The zero-order valence-corrected chi connectivity index (χ0v) is 17.1. The Labute approximate surface area is 175 Å². The minimum Gasteiger partial charge on any atom is -0.274 e. The first-order valence-corrected chi connectivity index (χ1v) is 10.4. The highest BCUT2D eigenvalue weighted by Gasteiger charge is 2.14. The lowest BCUT2D eigenvalue weighted by Crippen LogP contribution is -1.94. The number of aryl methyl sites for hydroxylation is 2. The molecule has 0 aliphatic carbocycles. The largest absolute Gasteiger partial charge is 0.274 e. The zero-order valence-electron chi connectivity index (χ0n) is 16.3. The van der Waals surface area contributed by atoms with Crippen molar-refractivity contribution in [3.8, 4) is 11.3 Å². The Hall–Kier alpha value is -3.26. The van der Waals surface area contributed by atoms with E-state index in [0.717, 1.165) is 22.8 Å². The van der Waals surface area contributed by atoms with Crippen molar-refractivity contribution in [3.63, 3.8) is 0 Å². The van der Waals surface area contributed by atoms with Gasteiger partial charge in [0.25, 0.3) is 0 Å². The van der Waals surface area contributed by atoms with Crippen molar-refractivity contribution in [2.45, 2.75) is 24.8 Å². The van der Waals surface area contributed by atoms with Gasteiger partial charge in [-0.3, -0.25) is 4.40 Å². The molecule has 0 saturated heterocycles. The molecule has 0 aliphatic rings. The number of rotatable bonds is 4. The molecule has 0 fully saturated rings. The minimum absolute atomic E-state index is 0.455. The third kappa shape index (κ3) is 3.23. The summed E-state index contributed by atoms with van der Waals surface area (Å²) >= 11 is 1.41. The lowest BCUT2D eigenvalue weighted by Gasteiger charge is -2.02. The van der Waals surface area contributed by atoms with Crippen LogP contribution in [0, 0.1) is 25.5 Å². The summed E-state index contributed by atoms with van der Waals surface area (Å²) in [6.07, 6.45) is 3.71. The zero-order chi connectivity index (χ0) is 20.8. The Kier molecular flexibility index (Phi) is 4.51. The van der Waals surface area contributed by atoms with Gasteiger partial charge in [-0.1, -0.05) is 30.0 Å². The van der Waals surface area contributed by atoms with Crippen LogP contribution in [0.5, 0.6) is 0 Å². The first kappa shape index (κ1) is 18.7. The van der Waals surface area contributed by atoms with E-state index in [1.165, 1.54) is 29.0 Å². The quantitative estimate of drug-likeness (QED) is 0.373. The van der Waals surface area contributed by atoms with Crippen LogP contribution in [-0.2, 0) is 5.75 Å². The van der Waals surface area contributed by atoms with E-state index in [4.69, 9.17) is 0 Å². The van der Waals surface area contributed by atoms with Crippen LogP contribution >= 0.6 is 11.8 Å². The molecule has 0 radical (unpaired) electrons. The summed E-state index contributed by atoms with van der Waals surface area (Å²) in [5.41, 5.74) is 6.58. The standard InChI is InChI=1S/C22H17F2N5S/c1-13-3-5-16(9-14(13)2)19-11-20-21-25-26-22(28(21)7-8-29(20)27-19)30-12-15-4-6-17(23)18(24)10-15/h3-11H,12H2,1-2H3.